The van der Waals surface area contributed by atoms with Gasteiger partial charge in [-0.05, 0) is 44.9 Å². The molecule has 17 heavy (non-hydrogen) atoms. The predicted molar refractivity (Wildman–Crippen MR) is 70.8 cm³/mol. The van der Waals surface area contributed by atoms with E-state index in [-0.39, 0.29) is 5.78 Å². The van der Waals surface area contributed by atoms with Crippen LogP contribution in [0.3, 0.4) is 0 Å². The zero-order valence-electron chi connectivity index (χ0n) is 10.6. The van der Waals surface area contributed by atoms with Crippen molar-refractivity contribution in [2.75, 3.05) is 0 Å². The zero-order chi connectivity index (χ0) is 12.3. The van der Waals surface area contributed by atoms with E-state index in [0.717, 1.165) is 25.7 Å². The molecule has 1 rings (SSSR count). The van der Waals surface area contributed by atoms with E-state index in [1.807, 2.05) is 0 Å². The normalized spacial score (nSPS) is 25.2. The van der Waals surface area contributed by atoms with Gasteiger partial charge in [-0.1, -0.05) is 30.7 Å². The smallest absolute Gasteiger partial charge is 0.161 e. The SMILES string of the molecule is O=C1CCC=CCCCCCC=CCCC1O. The number of carbonyl (C=O) groups is 1. The molecule has 0 radical (unpaired) electrons. The Morgan fingerprint density at radius 3 is 2.18 bits per heavy atom. The lowest BCUT2D eigenvalue weighted by Gasteiger charge is -2.06. The van der Waals surface area contributed by atoms with E-state index in [4.69, 9.17) is 0 Å². The van der Waals surface area contributed by atoms with Crippen molar-refractivity contribution in [1.29, 1.82) is 0 Å². The maximum atomic E-state index is 11.5. The van der Waals surface area contributed by atoms with Crippen LogP contribution in [0.4, 0.5) is 0 Å². The molecular weight excluding hydrogens is 212 g/mol. The first-order valence-corrected chi connectivity index (χ1v) is 6.81. The van der Waals surface area contributed by atoms with Gasteiger partial charge in [0.15, 0.2) is 5.78 Å². The van der Waals surface area contributed by atoms with Gasteiger partial charge >= 0.3 is 0 Å². The van der Waals surface area contributed by atoms with Crippen LogP contribution in [0.2, 0.25) is 0 Å². The predicted octanol–water partition coefficient (Wildman–Crippen LogP) is 3.55. The number of allylic oxidation sites excluding steroid dienone is 4. The number of hydrogen-bond donors (Lipinski definition) is 1. The molecule has 0 aromatic heterocycles. The Morgan fingerprint density at radius 2 is 1.47 bits per heavy atom. The molecule has 0 saturated carbocycles. The molecule has 96 valence electrons. The Hall–Kier alpha value is -0.890. The fraction of sp³-hybridized carbons (Fsp3) is 0.667. The minimum absolute atomic E-state index is 0.0158. The second-order valence-electron chi connectivity index (χ2n) is 4.68. The van der Waals surface area contributed by atoms with Crippen molar-refractivity contribution in [3.05, 3.63) is 24.3 Å². The number of rotatable bonds is 0. The second kappa shape index (κ2) is 9.17. The molecular formula is C15H24O2. The first-order valence-electron chi connectivity index (χ1n) is 6.81. The topological polar surface area (TPSA) is 37.3 Å². The Labute approximate surface area is 104 Å². The molecule has 1 unspecified atom stereocenters. The van der Waals surface area contributed by atoms with Crippen molar-refractivity contribution in [2.45, 2.75) is 63.9 Å². The van der Waals surface area contributed by atoms with Gasteiger partial charge in [0.2, 0.25) is 0 Å². The van der Waals surface area contributed by atoms with E-state index >= 15 is 0 Å². The highest BCUT2D eigenvalue weighted by atomic mass is 16.3. The summed E-state index contributed by atoms with van der Waals surface area (Å²) in [6.07, 6.45) is 16.3. The van der Waals surface area contributed by atoms with Crippen molar-refractivity contribution < 1.29 is 9.90 Å². The third-order valence-electron chi connectivity index (χ3n) is 3.11. The molecule has 2 heteroatoms. The van der Waals surface area contributed by atoms with Crippen LogP contribution in [0.5, 0.6) is 0 Å². The molecule has 1 aliphatic rings. The van der Waals surface area contributed by atoms with Gasteiger partial charge in [0.05, 0.1) is 0 Å². The Morgan fingerprint density at radius 1 is 0.882 bits per heavy atom. The standard InChI is InChI=1S/C15H24O2/c16-14-12-10-8-6-4-2-1-3-5-7-9-11-13-15(14)17/h6-9,14,16H,1-5,10-13H2. The molecule has 0 bridgehead atoms. The Balaban J connectivity index is 2.39. The van der Waals surface area contributed by atoms with Crippen LogP contribution in [0, 0.1) is 0 Å². The van der Waals surface area contributed by atoms with E-state index in [0.29, 0.717) is 12.8 Å². The van der Waals surface area contributed by atoms with Gasteiger partial charge < -0.3 is 5.11 Å². The van der Waals surface area contributed by atoms with Crippen LogP contribution in [-0.4, -0.2) is 17.0 Å². The summed E-state index contributed by atoms with van der Waals surface area (Å²) in [6, 6.07) is 0. The van der Waals surface area contributed by atoms with Crippen LogP contribution in [0.1, 0.15) is 57.8 Å². The summed E-state index contributed by atoms with van der Waals surface area (Å²) in [5.41, 5.74) is 0. The molecule has 1 aliphatic carbocycles. The summed E-state index contributed by atoms with van der Waals surface area (Å²) in [7, 11) is 0. The highest BCUT2D eigenvalue weighted by molar-refractivity contribution is 5.82. The van der Waals surface area contributed by atoms with Gasteiger partial charge in [-0.2, -0.15) is 0 Å². The van der Waals surface area contributed by atoms with E-state index < -0.39 is 6.10 Å². The fourth-order valence-corrected chi connectivity index (χ4v) is 1.98. The number of aliphatic hydroxyl groups is 1. The highest BCUT2D eigenvalue weighted by Crippen LogP contribution is 2.09. The number of carbonyl (C=O) groups excluding carboxylic acids is 1. The van der Waals surface area contributed by atoms with Gasteiger partial charge in [-0.15, -0.1) is 0 Å². The van der Waals surface area contributed by atoms with Crippen molar-refractivity contribution in [2.24, 2.45) is 0 Å². The summed E-state index contributed by atoms with van der Waals surface area (Å²) in [6.45, 7) is 0. The van der Waals surface area contributed by atoms with Gasteiger partial charge in [-0.25, -0.2) is 0 Å². The number of aliphatic hydroxyl groups excluding tert-OH is 1. The minimum Gasteiger partial charge on any atom is -0.385 e. The summed E-state index contributed by atoms with van der Waals surface area (Å²) >= 11 is 0. The minimum atomic E-state index is -0.766. The van der Waals surface area contributed by atoms with Crippen molar-refractivity contribution in [3.63, 3.8) is 0 Å². The van der Waals surface area contributed by atoms with Crippen LogP contribution >= 0.6 is 0 Å². The lowest BCUT2D eigenvalue weighted by atomic mass is 10.1. The number of ketones is 1. The van der Waals surface area contributed by atoms with Gasteiger partial charge in [0, 0.05) is 6.42 Å². The molecule has 2 nitrogen and oxygen atoms in total. The molecule has 0 fully saturated rings. The molecule has 0 aromatic rings. The molecule has 1 atom stereocenters. The van der Waals surface area contributed by atoms with E-state index in [2.05, 4.69) is 24.3 Å². The first-order chi connectivity index (χ1) is 8.30. The van der Waals surface area contributed by atoms with Crippen molar-refractivity contribution in [3.8, 4) is 0 Å². The summed E-state index contributed by atoms with van der Waals surface area (Å²) < 4.78 is 0. The zero-order valence-corrected chi connectivity index (χ0v) is 10.6. The number of Topliss-reactive ketones (excluding diaryl/α,β-unsaturated/α-hetero) is 1. The fourth-order valence-electron chi connectivity index (χ4n) is 1.98. The molecule has 1 N–H and O–H groups in total. The van der Waals surface area contributed by atoms with E-state index in [9.17, 15) is 9.90 Å². The lowest BCUT2D eigenvalue weighted by Crippen LogP contribution is -2.19. The van der Waals surface area contributed by atoms with Gasteiger partial charge in [0.25, 0.3) is 0 Å². The third kappa shape index (κ3) is 7.11. The van der Waals surface area contributed by atoms with Crippen molar-refractivity contribution in [1.82, 2.24) is 0 Å². The molecule has 0 heterocycles. The lowest BCUT2D eigenvalue weighted by molar-refractivity contribution is -0.127. The molecule has 0 aliphatic heterocycles. The highest BCUT2D eigenvalue weighted by Gasteiger charge is 2.12. The van der Waals surface area contributed by atoms with Crippen LogP contribution in [0.15, 0.2) is 24.3 Å². The van der Waals surface area contributed by atoms with Crippen molar-refractivity contribution >= 4 is 5.78 Å². The van der Waals surface area contributed by atoms with E-state index in [1.54, 1.807) is 0 Å². The summed E-state index contributed by atoms with van der Waals surface area (Å²) in [5, 5.41) is 9.64. The maximum Gasteiger partial charge on any atom is 0.161 e. The van der Waals surface area contributed by atoms with Gasteiger partial charge in [0.1, 0.15) is 6.10 Å². The van der Waals surface area contributed by atoms with Crippen LogP contribution in [-0.2, 0) is 4.79 Å². The molecule has 0 aromatic carbocycles. The average Bonchev–Trinajstić information content (AvgIpc) is 2.34. The number of hydrogen-bond acceptors (Lipinski definition) is 2. The average molecular weight is 236 g/mol. The third-order valence-corrected chi connectivity index (χ3v) is 3.11. The summed E-state index contributed by atoms with van der Waals surface area (Å²) in [4.78, 5) is 11.5. The van der Waals surface area contributed by atoms with Crippen LogP contribution in [0.25, 0.3) is 0 Å². The van der Waals surface area contributed by atoms with Gasteiger partial charge in [-0.3, -0.25) is 4.79 Å². The maximum absolute atomic E-state index is 11.5. The second-order valence-corrected chi connectivity index (χ2v) is 4.68. The summed E-state index contributed by atoms with van der Waals surface area (Å²) in [5.74, 6) is -0.0158. The van der Waals surface area contributed by atoms with E-state index in [1.165, 1.54) is 19.3 Å². The van der Waals surface area contributed by atoms with Crippen LogP contribution < -0.4 is 0 Å². The molecule has 0 saturated heterocycles. The first kappa shape index (κ1) is 14.2. The quantitative estimate of drug-likeness (QED) is 0.653. The molecule has 0 spiro atoms. The Bertz CT molecular complexity index is 266. The Kier molecular flexibility index (Phi) is 7.65. The largest absolute Gasteiger partial charge is 0.385 e. The monoisotopic (exact) mass is 236 g/mol. The molecule has 0 amide bonds.